The summed E-state index contributed by atoms with van der Waals surface area (Å²) >= 11 is 0. The van der Waals surface area contributed by atoms with E-state index in [2.05, 4.69) is 55.7 Å². The molecular weight excluding hydrogens is 350 g/mol. The minimum absolute atomic E-state index is 0.270. The van der Waals surface area contributed by atoms with Gasteiger partial charge in [-0.05, 0) is 63.7 Å². The fourth-order valence-corrected chi connectivity index (χ4v) is 4.78. The molecule has 0 spiro atoms. The highest BCUT2D eigenvalue weighted by Crippen LogP contribution is 2.24. The molecule has 0 saturated carbocycles. The quantitative estimate of drug-likeness (QED) is 0.825. The van der Waals surface area contributed by atoms with E-state index in [0.29, 0.717) is 12.1 Å². The lowest BCUT2D eigenvalue weighted by molar-refractivity contribution is 0.00552. The van der Waals surface area contributed by atoms with Crippen molar-refractivity contribution in [2.45, 2.75) is 37.9 Å². The molecular formula is C22H33N5O. The highest BCUT2D eigenvalue weighted by molar-refractivity contribution is 5.27. The van der Waals surface area contributed by atoms with Crippen LogP contribution in [-0.4, -0.2) is 87.8 Å². The van der Waals surface area contributed by atoms with Gasteiger partial charge in [-0.25, -0.2) is 4.98 Å². The summed E-state index contributed by atoms with van der Waals surface area (Å²) in [5.74, 6) is 0.972. The molecule has 6 heteroatoms. The molecule has 2 aromatic rings. The van der Waals surface area contributed by atoms with Crippen molar-refractivity contribution in [1.29, 1.82) is 0 Å². The number of aliphatic hydroxyl groups is 1. The van der Waals surface area contributed by atoms with Crippen LogP contribution in [0.2, 0.25) is 0 Å². The maximum Gasteiger partial charge on any atom is 0.136 e. The number of piperidine rings is 1. The van der Waals surface area contributed by atoms with Crippen LogP contribution in [0.15, 0.2) is 42.7 Å². The van der Waals surface area contributed by atoms with Gasteiger partial charge in [0.2, 0.25) is 0 Å². The van der Waals surface area contributed by atoms with Gasteiger partial charge in [0, 0.05) is 63.0 Å². The Bertz CT molecular complexity index is 726. The summed E-state index contributed by atoms with van der Waals surface area (Å²) in [6.07, 6.45) is 7.31. The molecule has 2 aromatic heterocycles. The number of likely N-dealkylation sites (tertiary alicyclic amines) is 1. The summed E-state index contributed by atoms with van der Waals surface area (Å²) in [6.45, 7) is 6.78. The van der Waals surface area contributed by atoms with Gasteiger partial charge in [-0.1, -0.05) is 6.07 Å². The van der Waals surface area contributed by atoms with Crippen molar-refractivity contribution >= 4 is 0 Å². The summed E-state index contributed by atoms with van der Waals surface area (Å²) in [4.78, 5) is 12.2. The van der Waals surface area contributed by atoms with Crippen LogP contribution in [0.3, 0.4) is 0 Å². The van der Waals surface area contributed by atoms with E-state index in [9.17, 15) is 5.11 Å². The third kappa shape index (κ3) is 4.46. The van der Waals surface area contributed by atoms with Gasteiger partial charge in [0.25, 0.3) is 0 Å². The van der Waals surface area contributed by atoms with Gasteiger partial charge in [0.05, 0.1) is 0 Å². The summed E-state index contributed by atoms with van der Waals surface area (Å²) in [6, 6.07) is 11.5. The van der Waals surface area contributed by atoms with E-state index in [1.54, 1.807) is 0 Å². The Labute approximate surface area is 168 Å². The molecule has 2 aliphatic heterocycles. The molecule has 1 N–H and O–H groups in total. The standard InChI is InChI=1S/C22H33N5O/c1-24-12-7-19(8-13-24)26-15-14-25(18-21(26)9-16-28)17-20-5-4-11-27(20)22-6-2-3-10-23-22/h2-6,10-11,19,21,28H,7-9,12-18H2,1H3. The van der Waals surface area contributed by atoms with Crippen molar-refractivity contribution < 1.29 is 5.11 Å². The number of aliphatic hydroxyl groups excluding tert-OH is 1. The van der Waals surface area contributed by atoms with Gasteiger partial charge in [-0.2, -0.15) is 0 Å². The number of piperazine rings is 1. The zero-order valence-corrected chi connectivity index (χ0v) is 17.0. The normalized spacial score (nSPS) is 23.3. The molecule has 2 saturated heterocycles. The number of aromatic nitrogens is 2. The summed E-state index contributed by atoms with van der Waals surface area (Å²) in [5, 5.41) is 9.65. The average Bonchev–Trinajstić information content (AvgIpc) is 3.18. The van der Waals surface area contributed by atoms with Crippen LogP contribution >= 0.6 is 0 Å². The largest absolute Gasteiger partial charge is 0.396 e. The van der Waals surface area contributed by atoms with Crippen molar-refractivity contribution in [2.75, 3.05) is 46.4 Å². The molecule has 1 atom stereocenters. The monoisotopic (exact) mass is 383 g/mol. The first-order valence-electron chi connectivity index (χ1n) is 10.6. The van der Waals surface area contributed by atoms with Crippen LogP contribution in [0.5, 0.6) is 0 Å². The van der Waals surface area contributed by atoms with Crippen LogP contribution in [0.1, 0.15) is 25.0 Å². The average molecular weight is 384 g/mol. The Morgan fingerprint density at radius 3 is 2.68 bits per heavy atom. The van der Waals surface area contributed by atoms with Crippen LogP contribution < -0.4 is 0 Å². The maximum atomic E-state index is 9.65. The van der Waals surface area contributed by atoms with Gasteiger partial charge >= 0.3 is 0 Å². The first-order chi connectivity index (χ1) is 13.7. The first-order valence-corrected chi connectivity index (χ1v) is 10.6. The predicted molar refractivity (Wildman–Crippen MR) is 112 cm³/mol. The van der Waals surface area contributed by atoms with Crippen LogP contribution in [0.25, 0.3) is 5.82 Å². The van der Waals surface area contributed by atoms with E-state index >= 15 is 0 Å². The minimum atomic E-state index is 0.270. The lowest BCUT2D eigenvalue weighted by Crippen LogP contribution is -2.58. The molecule has 152 valence electrons. The Hall–Kier alpha value is -1.73. The van der Waals surface area contributed by atoms with Crippen LogP contribution in [-0.2, 0) is 6.54 Å². The van der Waals surface area contributed by atoms with Crippen LogP contribution in [0, 0.1) is 0 Å². The van der Waals surface area contributed by atoms with Gasteiger partial charge in [-0.15, -0.1) is 0 Å². The summed E-state index contributed by atoms with van der Waals surface area (Å²) in [5.41, 5.74) is 1.27. The molecule has 0 bridgehead atoms. The number of pyridine rings is 1. The molecule has 2 fully saturated rings. The molecule has 0 aliphatic carbocycles. The summed E-state index contributed by atoms with van der Waals surface area (Å²) in [7, 11) is 2.22. The lowest BCUT2D eigenvalue weighted by Gasteiger charge is -2.47. The Balaban J connectivity index is 1.42. The minimum Gasteiger partial charge on any atom is -0.396 e. The topological polar surface area (TPSA) is 47.8 Å². The third-order valence-electron chi connectivity index (χ3n) is 6.35. The number of hydrogen-bond donors (Lipinski definition) is 1. The molecule has 4 heterocycles. The van der Waals surface area contributed by atoms with Gasteiger partial charge in [0.15, 0.2) is 0 Å². The lowest BCUT2D eigenvalue weighted by atomic mass is 9.98. The van der Waals surface area contributed by atoms with E-state index in [1.807, 2.05) is 18.3 Å². The fraction of sp³-hybridized carbons (Fsp3) is 0.591. The molecule has 4 rings (SSSR count). The van der Waals surface area contributed by atoms with E-state index in [1.165, 1.54) is 31.6 Å². The van der Waals surface area contributed by atoms with Gasteiger partial charge in [0.1, 0.15) is 5.82 Å². The number of hydrogen-bond acceptors (Lipinski definition) is 5. The second kappa shape index (κ2) is 9.18. The van der Waals surface area contributed by atoms with Crippen molar-refractivity contribution in [2.24, 2.45) is 0 Å². The number of nitrogens with zero attached hydrogens (tertiary/aromatic N) is 5. The van der Waals surface area contributed by atoms with E-state index in [-0.39, 0.29) is 6.61 Å². The Morgan fingerprint density at radius 2 is 1.93 bits per heavy atom. The fourth-order valence-electron chi connectivity index (χ4n) is 4.78. The van der Waals surface area contributed by atoms with Crippen LogP contribution in [0.4, 0.5) is 0 Å². The SMILES string of the molecule is CN1CCC(N2CCN(Cc3cccn3-c3ccccn3)CC2CCO)CC1. The molecule has 0 radical (unpaired) electrons. The number of rotatable bonds is 6. The highest BCUT2D eigenvalue weighted by Gasteiger charge is 2.33. The van der Waals surface area contributed by atoms with Gasteiger partial charge in [-0.3, -0.25) is 9.80 Å². The van der Waals surface area contributed by atoms with Gasteiger partial charge < -0.3 is 14.6 Å². The van der Waals surface area contributed by atoms with E-state index < -0.39 is 0 Å². The molecule has 2 aliphatic rings. The zero-order chi connectivity index (χ0) is 19.3. The molecule has 1 unspecified atom stereocenters. The highest BCUT2D eigenvalue weighted by atomic mass is 16.3. The Kier molecular flexibility index (Phi) is 6.42. The van der Waals surface area contributed by atoms with Crippen molar-refractivity contribution in [3.05, 3.63) is 48.4 Å². The zero-order valence-electron chi connectivity index (χ0n) is 17.0. The molecule has 28 heavy (non-hydrogen) atoms. The smallest absolute Gasteiger partial charge is 0.136 e. The van der Waals surface area contributed by atoms with E-state index in [4.69, 9.17) is 0 Å². The molecule has 0 aromatic carbocycles. The molecule has 0 amide bonds. The second-order valence-electron chi connectivity index (χ2n) is 8.23. The molecule has 6 nitrogen and oxygen atoms in total. The second-order valence-corrected chi connectivity index (χ2v) is 8.23. The third-order valence-corrected chi connectivity index (χ3v) is 6.35. The summed E-state index contributed by atoms with van der Waals surface area (Å²) < 4.78 is 2.18. The first kappa shape index (κ1) is 19.6. The maximum absolute atomic E-state index is 9.65. The van der Waals surface area contributed by atoms with Crippen molar-refractivity contribution in [3.63, 3.8) is 0 Å². The van der Waals surface area contributed by atoms with Crippen molar-refractivity contribution in [3.8, 4) is 5.82 Å². The predicted octanol–water partition coefficient (Wildman–Crippen LogP) is 1.84. The van der Waals surface area contributed by atoms with Crippen molar-refractivity contribution in [1.82, 2.24) is 24.3 Å². The van der Waals surface area contributed by atoms with E-state index in [0.717, 1.165) is 38.4 Å². The Morgan fingerprint density at radius 1 is 1.07 bits per heavy atom.